The minimum absolute atomic E-state index is 0.678. The van der Waals surface area contributed by atoms with Crippen LogP contribution in [-0.4, -0.2) is 20.3 Å². The van der Waals surface area contributed by atoms with Crippen molar-refractivity contribution in [1.29, 1.82) is 0 Å². The van der Waals surface area contributed by atoms with Gasteiger partial charge in [0, 0.05) is 11.6 Å². The smallest absolute Gasteiger partial charge is 0.247 e. The SMILES string of the molecule is CN([B]CCCl)c1ccccc1. The van der Waals surface area contributed by atoms with Gasteiger partial charge >= 0.3 is 0 Å². The standard InChI is InChI=1S/C9H12BClN/c1-12(10-7-8-11)9-5-3-2-4-6-9/h2-6H,7-8H2,1H3. The Bertz CT molecular complexity index is 215. The minimum atomic E-state index is 0.678. The van der Waals surface area contributed by atoms with E-state index < -0.39 is 0 Å². The van der Waals surface area contributed by atoms with E-state index in [2.05, 4.69) is 24.4 Å². The third-order valence-electron chi connectivity index (χ3n) is 1.68. The quantitative estimate of drug-likeness (QED) is 0.508. The second-order valence-electron chi connectivity index (χ2n) is 2.61. The summed E-state index contributed by atoms with van der Waals surface area (Å²) < 4.78 is 0. The molecule has 3 heteroatoms. The van der Waals surface area contributed by atoms with Gasteiger partial charge in [0.1, 0.15) is 0 Å². The molecule has 1 aromatic carbocycles. The van der Waals surface area contributed by atoms with E-state index in [1.807, 2.05) is 25.2 Å². The first-order chi connectivity index (χ1) is 5.84. The van der Waals surface area contributed by atoms with Crippen molar-refractivity contribution in [3.8, 4) is 0 Å². The summed E-state index contributed by atoms with van der Waals surface area (Å²) in [5, 5.41) is 0. The minimum Gasteiger partial charge on any atom is -0.422 e. The highest BCUT2D eigenvalue weighted by Crippen LogP contribution is 2.09. The number of hydrogen-bond donors (Lipinski definition) is 0. The Hall–Kier alpha value is -0.625. The summed E-state index contributed by atoms with van der Waals surface area (Å²) >= 11 is 5.58. The molecule has 0 saturated carbocycles. The third kappa shape index (κ3) is 2.78. The second-order valence-corrected chi connectivity index (χ2v) is 2.98. The van der Waals surface area contributed by atoms with Crippen LogP contribution in [0.15, 0.2) is 30.3 Å². The molecule has 0 unspecified atom stereocenters. The summed E-state index contributed by atoms with van der Waals surface area (Å²) in [4.78, 5) is 2.09. The molecule has 0 fully saturated rings. The van der Waals surface area contributed by atoms with Crippen molar-refractivity contribution in [2.45, 2.75) is 6.32 Å². The maximum Gasteiger partial charge on any atom is 0.247 e. The van der Waals surface area contributed by atoms with Crippen LogP contribution in [0, 0.1) is 0 Å². The Morgan fingerprint density at radius 2 is 2.00 bits per heavy atom. The number of nitrogens with zero attached hydrogens (tertiary/aromatic N) is 1. The lowest BCUT2D eigenvalue weighted by atomic mass is 9.87. The molecule has 63 valence electrons. The normalized spacial score (nSPS) is 9.50. The third-order valence-corrected chi connectivity index (χ3v) is 1.89. The average Bonchev–Trinajstić information content (AvgIpc) is 2.15. The Kier molecular flexibility index (Phi) is 4.02. The van der Waals surface area contributed by atoms with Crippen molar-refractivity contribution >= 4 is 24.7 Å². The molecule has 0 aliphatic rings. The molecule has 1 nitrogen and oxygen atoms in total. The first-order valence-corrected chi connectivity index (χ1v) is 4.55. The number of para-hydroxylation sites is 1. The second kappa shape index (κ2) is 5.10. The highest BCUT2D eigenvalue weighted by atomic mass is 35.5. The molecule has 0 bridgehead atoms. The molecule has 1 rings (SSSR count). The zero-order valence-corrected chi connectivity index (χ0v) is 7.96. The molecule has 0 aliphatic carbocycles. The molecule has 0 spiro atoms. The zero-order chi connectivity index (χ0) is 8.81. The molecule has 1 aromatic rings. The van der Waals surface area contributed by atoms with Crippen LogP contribution in [0.2, 0.25) is 6.32 Å². The topological polar surface area (TPSA) is 3.24 Å². The Morgan fingerprint density at radius 3 is 2.58 bits per heavy atom. The van der Waals surface area contributed by atoms with Crippen LogP contribution in [0.4, 0.5) is 5.69 Å². The lowest BCUT2D eigenvalue weighted by molar-refractivity contribution is 1.28. The predicted molar refractivity (Wildman–Crippen MR) is 56.1 cm³/mol. The van der Waals surface area contributed by atoms with E-state index in [9.17, 15) is 0 Å². The van der Waals surface area contributed by atoms with Crippen LogP contribution in [0.3, 0.4) is 0 Å². The van der Waals surface area contributed by atoms with E-state index in [1.54, 1.807) is 0 Å². The van der Waals surface area contributed by atoms with Crippen molar-refractivity contribution in [3.63, 3.8) is 0 Å². The van der Waals surface area contributed by atoms with Gasteiger partial charge in [0.2, 0.25) is 7.41 Å². The van der Waals surface area contributed by atoms with Crippen LogP contribution in [0.5, 0.6) is 0 Å². The van der Waals surface area contributed by atoms with Gasteiger partial charge in [-0.1, -0.05) is 18.2 Å². The Morgan fingerprint density at radius 1 is 1.33 bits per heavy atom. The van der Waals surface area contributed by atoms with Gasteiger partial charge in [-0.05, 0) is 25.5 Å². The monoisotopic (exact) mass is 180 g/mol. The van der Waals surface area contributed by atoms with Crippen LogP contribution >= 0.6 is 11.6 Å². The van der Waals surface area contributed by atoms with Gasteiger partial charge in [0.15, 0.2) is 0 Å². The molecule has 0 N–H and O–H groups in total. The molecule has 1 radical (unpaired) electrons. The molecular weight excluding hydrogens is 168 g/mol. The molecule has 12 heavy (non-hydrogen) atoms. The van der Waals surface area contributed by atoms with Gasteiger partial charge in [-0.15, -0.1) is 11.6 Å². The van der Waals surface area contributed by atoms with Crippen molar-refractivity contribution < 1.29 is 0 Å². The van der Waals surface area contributed by atoms with E-state index >= 15 is 0 Å². The van der Waals surface area contributed by atoms with E-state index in [-0.39, 0.29) is 0 Å². The van der Waals surface area contributed by atoms with Crippen molar-refractivity contribution in [2.75, 3.05) is 17.7 Å². The van der Waals surface area contributed by atoms with Gasteiger partial charge < -0.3 is 4.81 Å². The average molecular weight is 180 g/mol. The summed E-state index contributed by atoms with van der Waals surface area (Å²) in [7, 11) is 4.12. The number of alkyl halides is 1. The number of halogens is 1. The molecule has 0 atom stereocenters. The van der Waals surface area contributed by atoms with Crippen molar-refractivity contribution in [1.82, 2.24) is 0 Å². The van der Waals surface area contributed by atoms with Crippen molar-refractivity contribution in [2.24, 2.45) is 0 Å². The first kappa shape index (κ1) is 9.46. The molecule has 0 saturated heterocycles. The fourth-order valence-corrected chi connectivity index (χ4v) is 1.11. The molecule has 0 heterocycles. The first-order valence-electron chi connectivity index (χ1n) is 4.02. The molecule has 0 aromatic heterocycles. The molecular formula is C9H12BClN. The van der Waals surface area contributed by atoms with Gasteiger partial charge in [-0.3, -0.25) is 0 Å². The summed E-state index contributed by atoms with van der Waals surface area (Å²) in [6, 6.07) is 10.2. The van der Waals surface area contributed by atoms with Gasteiger partial charge in [0.05, 0.1) is 0 Å². The fraction of sp³-hybridized carbons (Fsp3) is 0.333. The van der Waals surface area contributed by atoms with Gasteiger partial charge in [0.25, 0.3) is 0 Å². The van der Waals surface area contributed by atoms with Gasteiger partial charge in [-0.2, -0.15) is 0 Å². The van der Waals surface area contributed by atoms with E-state index in [1.165, 1.54) is 5.69 Å². The van der Waals surface area contributed by atoms with Gasteiger partial charge in [-0.25, -0.2) is 0 Å². The number of rotatable bonds is 4. The highest BCUT2D eigenvalue weighted by Gasteiger charge is 1.99. The van der Waals surface area contributed by atoms with Crippen LogP contribution in [0.1, 0.15) is 0 Å². The predicted octanol–water partition coefficient (Wildman–Crippen LogP) is 2.40. The lowest BCUT2D eigenvalue weighted by Crippen LogP contribution is -2.21. The Balaban J connectivity index is 2.48. The molecule has 0 amide bonds. The number of benzene rings is 1. The van der Waals surface area contributed by atoms with Crippen LogP contribution in [-0.2, 0) is 0 Å². The fourth-order valence-electron chi connectivity index (χ4n) is 1.01. The van der Waals surface area contributed by atoms with Crippen molar-refractivity contribution in [3.05, 3.63) is 30.3 Å². The van der Waals surface area contributed by atoms with Crippen LogP contribution in [0.25, 0.3) is 0 Å². The zero-order valence-electron chi connectivity index (χ0n) is 7.20. The Labute approximate surface area is 79.6 Å². The summed E-state index contributed by atoms with van der Waals surface area (Å²) in [6.45, 7) is 0. The van der Waals surface area contributed by atoms with E-state index in [0.717, 1.165) is 6.32 Å². The van der Waals surface area contributed by atoms with E-state index in [4.69, 9.17) is 11.6 Å². The lowest BCUT2D eigenvalue weighted by Gasteiger charge is -2.17. The van der Waals surface area contributed by atoms with Crippen LogP contribution < -0.4 is 4.81 Å². The summed E-state index contributed by atoms with van der Waals surface area (Å²) in [5.74, 6) is 0.678. The maximum atomic E-state index is 5.58. The summed E-state index contributed by atoms with van der Waals surface area (Å²) in [5.41, 5.74) is 1.20. The number of anilines is 1. The van der Waals surface area contributed by atoms with E-state index in [0.29, 0.717) is 5.88 Å². The highest BCUT2D eigenvalue weighted by molar-refractivity contribution is 6.43. The number of hydrogen-bond acceptors (Lipinski definition) is 1. The summed E-state index contributed by atoms with van der Waals surface area (Å²) in [6.07, 6.45) is 0.910. The molecule has 0 aliphatic heterocycles. The largest absolute Gasteiger partial charge is 0.422 e. The maximum absolute atomic E-state index is 5.58.